The number of aromatic hydroxyl groups is 1. The molecule has 0 bridgehead atoms. The van der Waals surface area contributed by atoms with Gasteiger partial charge in [-0.15, -0.1) is 0 Å². The minimum Gasteiger partial charge on any atom is -0.506 e. The Kier molecular flexibility index (Phi) is 9.86. The molecule has 0 saturated carbocycles. The summed E-state index contributed by atoms with van der Waals surface area (Å²) in [5, 5.41) is 12.9. The molecule has 6 rings (SSSR count). The molecule has 3 N–H and O–H groups in total. The van der Waals surface area contributed by atoms with E-state index in [0.29, 0.717) is 58.2 Å². The Morgan fingerprint density at radius 3 is 2.30 bits per heavy atom. The van der Waals surface area contributed by atoms with Crippen molar-refractivity contribution in [2.75, 3.05) is 52.4 Å². The van der Waals surface area contributed by atoms with Crippen molar-refractivity contribution in [1.82, 2.24) is 29.6 Å². The number of hydrogen-bond acceptors (Lipinski definition) is 6. The highest BCUT2D eigenvalue weighted by atomic mass is 35.5. The number of piperidine rings is 2. The van der Waals surface area contributed by atoms with Crippen molar-refractivity contribution in [1.29, 1.82) is 0 Å². The van der Waals surface area contributed by atoms with Crippen LogP contribution in [0.15, 0.2) is 41.2 Å². The fraction of sp³-hybridized carbons (Fsp3) is 0.545. The average molecular weight is 677 g/mol. The van der Waals surface area contributed by atoms with E-state index in [2.05, 4.69) is 15.2 Å². The first-order chi connectivity index (χ1) is 22.5. The summed E-state index contributed by atoms with van der Waals surface area (Å²) in [6, 6.07) is 9.84. The second-order valence-corrected chi connectivity index (χ2v) is 13.3. The summed E-state index contributed by atoms with van der Waals surface area (Å²) in [6.07, 6.45) is -1.98. The van der Waals surface area contributed by atoms with Crippen LogP contribution in [0, 0.1) is 5.92 Å². The maximum atomic E-state index is 14.0. The number of para-hydroxylation sites is 2. The molecule has 1 aromatic heterocycles. The van der Waals surface area contributed by atoms with Crippen LogP contribution in [0.3, 0.4) is 0 Å². The summed E-state index contributed by atoms with van der Waals surface area (Å²) < 4.78 is 42.8. The first-order valence-corrected chi connectivity index (χ1v) is 16.7. The largest absolute Gasteiger partial charge is 0.506 e. The van der Waals surface area contributed by atoms with Crippen LogP contribution < -0.4 is 11.0 Å². The lowest BCUT2D eigenvalue weighted by molar-refractivity contribution is -0.143. The van der Waals surface area contributed by atoms with Gasteiger partial charge in [0.2, 0.25) is 11.8 Å². The minimum atomic E-state index is -4.85. The van der Waals surface area contributed by atoms with Gasteiger partial charge in [0.05, 0.1) is 27.5 Å². The maximum Gasteiger partial charge on any atom is 0.420 e. The molecule has 3 aliphatic heterocycles. The third-order valence-electron chi connectivity index (χ3n) is 9.94. The number of phenols is 1. The number of imidazole rings is 1. The van der Waals surface area contributed by atoms with Gasteiger partial charge in [-0.2, -0.15) is 13.2 Å². The van der Waals surface area contributed by atoms with Gasteiger partial charge in [-0.05, 0) is 75.0 Å². The lowest BCUT2D eigenvalue weighted by Gasteiger charge is -2.41. The lowest BCUT2D eigenvalue weighted by atomic mass is 9.92. The number of phenolic OH excluding ortho intramolecular Hbond substituents is 1. The van der Waals surface area contributed by atoms with Crippen molar-refractivity contribution >= 4 is 34.4 Å². The number of hydrogen-bond donors (Lipinski definition) is 3. The van der Waals surface area contributed by atoms with E-state index in [1.165, 1.54) is 6.07 Å². The van der Waals surface area contributed by atoms with Gasteiger partial charge < -0.3 is 25.2 Å². The summed E-state index contributed by atoms with van der Waals surface area (Å²) in [6.45, 7) is 5.02. The molecule has 1 atom stereocenters. The predicted octanol–water partition coefficient (Wildman–Crippen LogP) is 4.02. The number of carbonyl (C=O) groups excluding carboxylic acids is 2. The summed E-state index contributed by atoms with van der Waals surface area (Å²) in [5.41, 5.74) is 0.198. The van der Waals surface area contributed by atoms with E-state index in [-0.39, 0.29) is 42.0 Å². The van der Waals surface area contributed by atoms with Gasteiger partial charge in [0.1, 0.15) is 5.75 Å². The molecule has 3 aliphatic rings. The number of alkyl halides is 3. The number of carbonyl (C=O) groups is 2. The Bertz CT molecular complexity index is 1650. The number of likely N-dealkylation sites (tertiary alicyclic amines) is 1. The second-order valence-electron chi connectivity index (χ2n) is 12.8. The van der Waals surface area contributed by atoms with Crippen LogP contribution in [-0.2, 0) is 22.2 Å². The number of nitrogens with one attached hydrogen (secondary N) is 2. The minimum absolute atomic E-state index is 0.101. The number of fused-ring (bicyclic) bond motifs is 1. The molecule has 14 heteroatoms. The molecule has 10 nitrogen and oxygen atoms in total. The van der Waals surface area contributed by atoms with Crippen molar-refractivity contribution in [3.8, 4) is 5.75 Å². The van der Waals surface area contributed by atoms with Crippen LogP contribution in [0.1, 0.15) is 49.3 Å². The van der Waals surface area contributed by atoms with Crippen LogP contribution in [0.4, 0.5) is 13.2 Å². The van der Waals surface area contributed by atoms with Crippen LogP contribution in [-0.4, -0.2) is 99.6 Å². The summed E-state index contributed by atoms with van der Waals surface area (Å²) in [7, 11) is 0. The van der Waals surface area contributed by atoms with Gasteiger partial charge in [-0.1, -0.05) is 23.7 Å². The smallest absolute Gasteiger partial charge is 0.420 e. The standard InChI is InChI=1S/C33H40ClF3N6O4/c34-26-19-21(18-25(30(26)45)33(35,36)37)17-22(31(46)42-15-13-40(14-16-42)23-5-9-38-10-6-23)20-29(44)41-11-7-24(8-12-41)43-28-4-2-1-3-27(28)39-32(43)47/h1-4,18-19,22-24,38,45H,5-17,20H2,(H,39,47)/t22-/m0/s1. The molecule has 0 radical (unpaired) electrons. The Labute approximate surface area is 275 Å². The van der Waals surface area contributed by atoms with E-state index in [1.54, 1.807) is 14.4 Å². The second kappa shape index (κ2) is 13.9. The predicted molar refractivity (Wildman–Crippen MR) is 171 cm³/mol. The quantitative estimate of drug-likeness (QED) is 0.349. The van der Waals surface area contributed by atoms with Gasteiger partial charge in [0.25, 0.3) is 0 Å². The normalized spacial score (nSPS) is 19.7. The number of benzene rings is 2. The molecule has 2 aromatic carbocycles. The topological polar surface area (TPSA) is 114 Å². The SMILES string of the molecule is O=C(C[C@H](Cc1cc(Cl)c(O)c(C(F)(F)F)c1)C(=O)N1CCN(C2CCNCC2)CC1)N1CCC(n2c(=O)[nH]c3ccccc32)CC1. The van der Waals surface area contributed by atoms with Crippen LogP contribution in [0.2, 0.25) is 5.02 Å². The Hall–Kier alpha value is -3.55. The molecule has 4 heterocycles. The number of piperazine rings is 1. The van der Waals surface area contributed by atoms with Gasteiger partial charge >= 0.3 is 11.9 Å². The van der Waals surface area contributed by atoms with Crippen molar-refractivity contribution in [3.05, 3.63) is 63.0 Å². The number of aromatic nitrogens is 2. The molecule has 3 fully saturated rings. The third-order valence-corrected chi connectivity index (χ3v) is 10.2. The van der Waals surface area contributed by atoms with E-state index in [0.717, 1.165) is 43.0 Å². The maximum absolute atomic E-state index is 14.0. The number of rotatable bonds is 7. The van der Waals surface area contributed by atoms with E-state index in [1.807, 2.05) is 24.3 Å². The molecule has 0 unspecified atom stereocenters. The Balaban J connectivity index is 1.16. The van der Waals surface area contributed by atoms with Crippen molar-refractivity contribution in [3.63, 3.8) is 0 Å². The molecule has 3 aromatic rings. The highest BCUT2D eigenvalue weighted by molar-refractivity contribution is 6.32. The van der Waals surface area contributed by atoms with Gasteiger partial charge in [-0.3, -0.25) is 19.1 Å². The molecule has 2 amide bonds. The highest BCUT2D eigenvalue weighted by Gasteiger charge is 2.37. The summed E-state index contributed by atoms with van der Waals surface area (Å²) >= 11 is 6.00. The number of halogens is 4. The molecule has 0 spiro atoms. The fourth-order valence-electron chi connectivity index (χ4n) is 7.41. The molecule has 47 heavy (non-hydrogen) atoms. The summed E-state index contributed by atoms with van der Waals surface area (Å²) in [4.78, 5) is 49.1. The van der Waals surface area contributed by atoms with Crippen LogP contribution >= 0.6 is 11.6 Å². The molecule has 3 saturated heterocycles. The number of amides is 2. The lowest BCUT2D eigenvalue weighted by Crippen LogP contribution is -2.55. The van der Waals surface area contributed by atoms with E-state index < -0.39 is 28.4 Å². The van der Waals surface area contributed by atoms with Gasteiger partial charge in [-0.25, -0.2) is 4.79 Å². The van der Waals surface area contributed by atoms with Gasteiger partial charge in [0, 0.05) is 57.8 Å². The van der Waals surface area contributed by atoms with E-state index in [4.69, 9.17) is 11.6 Å². The first kappa shape index (κ1) is 33.4. The zero-order valence-corrected chi connectivity index (χ0v) is 26.8. The van der Waals surface area contributed by atoms with Crippen molar-refractivity contribution in [2.24, 2.45) is 5.92 Å². The number of H-pyrrole nitrogens is 1. The molecule has 0 aliphatic carbocycles. The Morgan fingerprint density at radius 1 is 0.936 bits per heavy atom. The molecular formula is C33H40ClF3N6O4. The van der Waals surface area contributed by atoms with Crippen molar-refractivity contribution < 1.29 is 27.9 Å². The van der Waals surface area contributed by atoms with Crippen LogP contribution in [0.25, 0.3) is 11.0 Å². The van der Waals surface area contributed by atoms with Crippen molar-refractivity contribution in [2.45, 2.75) is 56.8 Å². The fourth-order valence-corrected chi connectivity index (χ4v) is 7.65. The zero-order chi connectivity index (χ0) is 33.3. The molecule has 254 valence electrons. The van der Waals surface area contributed by atoms with Crippen LogP contribution in [0.5, 0.6) is 5.75 Å². The summed E-state index contributed by atoms with van der Waals surface area (Å²) in [5.74, 6) is -2.51. The van der Waals surface area contributed by atoms with E-state index in [9.17, 15) is 32.7 Å². The number of nitrogens with zero attached hydrogens (tertiary/aromatic N) is 4. The highest BCUT2D eigenvalue weighted by Crippen LogP contribution is 2.41. The third kappa shape index (κ3) is 7.31. The first-order valence-electron chi connectivity index (χ1n) is 16.3. The van der Waals surface area contributed by atoms with Gasteiger partial charge in [0.15, 0.2) is 0 Å². The average Bonchev–Trinajstić information content (AvgIpc) is 3.41. The zero-order valence-electron chi connectivity index (χ0n) is 26.1. The van der Waals surface area contributed by atoms with E-state index >= 15 is 0 Å². The molecular weight excluding hydrogens is 637 g/mol. The Morgan fingerprint density at radius 2 is 1.62 bits per heavy atom. The number of aromatic amines is 1. The monoisotopic (exact) mass is 676 g/mol.